The maximum absolute atomic E-state index is 11.6. The SMILES string of the molecule is CNC(=O)c1ccc(N2CCC(OC3CCN(C4CCC4)CC3)CC2)cn1.Cl. The Labute approximate surface area is 174 Å². The second-order valence-electron chi connectivity index (χ2n) is 8.12. The van der Waals surface area contributed by atoms with E-state index in [2.05, 4.69) is 20.1 Å². The van der Waals surface area contributed by atoms with E-state index in [1.165, 1.54) is 45.2 Å². The topological polar surface area (TPSA) is 57.7 Å². The van der Waals surface area contributed by atoms with Gasteiger partial charge in [-0.15, -0.1) is 12.4 Å². The van der Waals surface area contributed by atoms with Gasteiger partial charge in [-0.2, -0.15) is 0 Å². The Morgan fingerprint density at radius 2 is 1.68 bits per heavy atom. The van der Waals surface area contributed by atoms with Crippen LogP contribution in [0.5, 0.6) is 0 Å². The molecule has 2 saturated heterocycles. The van der Waals surface area contributed by atoms with Gasteiger partial charge in [-0.25, -0.2) is 4.98 Å². The number of amides is 1. The van der Waals surface area contributed by atoms with Gasteiger partial charge in [0.05, 0.1) is 24.1 Å². The summed E-state index contributed by atoms with van der Waals surface area (Å²) in [6.07, 6.45) is 11.4. The number of nitrogens with one attached hydrogen (secondary N) is 1. The number of hydrogen-bond donors (Lipinski definition) is 1. The van der Waals surface area contributed by atoms with E-state index in [9.17, 15) is 4.79 Å². The first kappa shape index (κ1) is 21.3. The molecule has 7 heteroatoms. The summed E-state index contributed by atoms with van der Waals surface area (Å²) in [6.45, 7) is 4.42. The molecule has 0 spiro atoms. The lowest BCUT2D eigenvalue weighted by Gasteiger charge is -2.43. The molecule has 156 valence electrons. The van der Waals surface area contributed by atoms with E-state index < -0.39 is 0 Å². The number of rotatable bonds is 5. The average molecular weight is 409 g/mol. The van der Waals surface area contributed by atoms with E-state index in [4.69, 9.17) is 4.74 Å². The smallest absolute Gasteiger partial charge is 0.269 e. The van der Waals surface area contributed by atoms with Crippen LogP contribution in [0.15, 0.2) is 18.3 Å². The zero-order chi connectivity index (χ0) is 18.6. The van der Waals surface area contributed by atoms with E-state index in [0.717, 1.165) is 37.7 Å². The van der Waals surface area contributed by atoms with Crippen LogP contribution in [0.1, 0.15) is 55.4 Å². The first-order valence-corrected chi connectivity index (χ1v) is 10.6. The standard InChI is InChI=1S/C21H32N4O2.ClH/c1-22-21(26)20-6-5-17(15-23-20)25-13-9-19(10-14-25)27-18-7-11-24(12-8-18)16-3-2-4-16;/h5-6,15-16,18-19H,2-4,7-14H2,1H3,(H,22,26);1H. The van der Waals surface area contributed by atoms with Crippen molar-refractivity contribution < 1.29 is 9.53 Å². The summed E-state index contributed by atoms with van der Waals surface area (Å²) < 4.78 is 6.44. The summed E-state index contributed by atoms with van der Waals surface area (Å²) >= 11 is 0. The molecular formula is C21H33ClN4O2. The van der Waals surface area contributed by atoms with Crippen molar-refractivity contribution in [2.75, 3.05) is 38.1 Å². The normalized spacial score (nSPS) is 22.4. The molecule has 1 aromatic rings. The van der Waals surface area contributed by atoms with Gasteiger partial charge >= 0.3 is 0 Å². The van der Waals surface area contributed by atoms with Crippen LogP contribution in [0.4, 0.5) is 5.69 Å². The molecule has 6 nitrogen and oxygen atoms in total. The van der Waals surface area contributed by atoms with Crippen LogP contribution in [-0.4, -0.2) is 67.3 Å². The Kier molecular flexibility index (Phi) is 7.55. The Morgan fingerprint density at radius 1 is 1.04 bits per heavy atom. The highest BCUT2D eigenvalue weighted by atomic mass is 35.5. The number of nitrogens with zero attached hydrogens (tertiary/aromatic N) is 3. The van der Waals surface area contributed by atoms with E-state index in [1.54, 1.807) is 13.1 Å². The summed E-state index contributed by atoms with van der Waals surface area (Å²) in [6, 6.07) is 4.67. The van der Waals surface area contributed by atoms with Crippen LogP contribution in [0.3, 0.4) is 0 Å². The summed E-state index contributed by atoms with van der Waals surface area (Å²) in [5.41, 5.74) is 1.56. The third-order valence-electron chi connectivity index (χ3n) is 6.47. The molecule has 3 heterocycles. The molecule has 1 amide bonds. The lowest BCUT2D eigenvalue weighted by Crippen LogP contribution is -2.47. The van der Waals surface area contributed by atoms with Gasteiger partial charge in [0.25, 0.3) is 5.91 Å². The van der Waals surface area contributed by atoms with Crippen LogP contribution in [0, 0.1) is 0 Å². The van der Waals surface area contributed by atoms with Crippen LogP contribution in [0.2, 0.25) is 0 Å². The predicted molar refractivity (Wildman–Crippen MR) is 113 cm³/mol. The van der Waals surface area contributed by atoms with Crippen molar-refractivity contribution in [1.29, 1.82) is 0 Å². The maximum atomic E-state index is 11.6. The molecule has 3 aliphatic rings. The molecule has 0 atom stereocenters. The minimum Gasteiger partial charge on any atom is -0.375 e. The third kappa shape index (κ3) is 4.97. The molecule has 0 radical (unpaired) electrons. The maximum Gasteiger partial charge on any atom is 0.269 e. The molecule has 0 bridgehead atoms. The van der Waals surface area contributed by atoms with Crippen LogP contribution >= 0.6 is 12.4 Å². The fraction of sp³-hybridized carbons (Fsp3) is 0.714. The van der Waals surface area contributed by atoms with Gasteiger partial charge in [0.15, 0.2) is 0 Å². The third-order valence-corrected chi connectivity index (χ3v) is 6.47. The predicted octanol–water partition coefficient (Wildman–Crippen LogP) is 2.87. The van der Waals surface area contributed by atoms with E-state index in [1.807, 2.05) is 12.3 Å². The van der Waals surface area contributed by atoms with Crippen LogP contribution < -0.4 is 10.2 Å². The van der Waals surface area contributed by atoms with Gasteiger partial charge in [0.2, 0.25) is 0 Å². The Morgan fingerprint density at radius 3 is 2.18 bits per heavy atom. The number of pyridine rings is 1. The number of anilines is 1. The van der Waals surface area contributed by atoms with Gasteiger partial charge in [0.1, 0.15) is 5.69 Å². The molecular weight excluding hydrogens is 376 g/mol. The van der Waals surface area contributed by atoms with Crippen LogP contribution in [0.25, 0.3) is 0 Å². The number of hydrogen-bond acceptors (Lipinski definition) is 5. The summed E-state index contributed by atoms with van der Waals surface area (Å²) in [7, 11) is 1.62. The molecule has 3 fully saturated rings. The Bertz CT molecular complexity index is 622. The van der Waals surface area contributed by atoms with Crippen molar-refractivity contribution in [2.24, 2.45) is 0 Å². The number of ether oxygens (including phenoxy) is 1. The van der Waals surface area contributed by atoms with Gasteiger partial charge < -0.3 is 19.9 Å². The van der Waals surface area contributed by atoms with Crippen LogP contribution in [-0.2, 0) is 4.74 Å². The quantitative estimate of drug-likeness (QED) is 0.811. The molecule has 0 unspecified atom stereocenters. The van der Waals surface area contributed by atoms with Crippen molar-refractivity contribution in [3.8, 4) is 0 Å². The second-order valence-corrected chi connectivity index (χ2v) is 8.12. The van der Waals surface area contributed by atoms with Gasteiger partial charge in [-0.3, -0.25) is 4.79 Å². The van der Waals surface area contributed by atoms with Gasteiger partial charge in [-0.05, 0) is 50.7 Å². The number of carbonyl (C=O) groups is 1. The molecule has 28 heavy (non-hydrogen) atoms. The second kappa shape index (κ2) is 9.90. The lowest BCUT2D eigenvalue weighted by molar-refractivity contribution is -0.0598. The molecule has 1 aromatic heterocycles. The van der Waals surface area contributed by atoms with E-state index >= 15 is 0 Å². The van der Waals surface area contributed by atoms with Crippen molar-refractivity contribution >= 4 is 24.0 Å². The van der Waals surface area contributed by atoms with Crippen molar-refractivity contribution in [3.05, 3.63) is 24.0 Å². The van der Waals surface area contributed by atoms with Gasteiger partial charge in [-0.1, -0.05) is 6.42 Å². The molecule has 1 saturated carbocycles. The summed E-state index contributed by atoms with van der Waals surface area (Å²) in [5.74, 6) is -0.142. The minimum absolute atomic E-state index is 0. The molecule has 0 aromatic carbocycles. The zero-order valence-corrected chi connectivity index (χ0v) is 17.6. The Balaban J connectivity index is 0.00000225. The highest BCUT2D eigenvalue weighted by Gasteiger charge is 2.30. The number of piperidine rings is 2. The minimum atomic E-state index is -0.142. The highest BCUT2D eigenvalue weighted by molar-refractivity contribution is 5.92. The van der Waals surface area contributed by atoms with E-state index in [-0.39, 0.29) is 18.3 Å². The lowest BCUT2D eigenvalue weighted by atomic mass is 9.89. The first-order chi connectivity index (χ1) is 13.2. The fourth-order valence-electron chi connectivity index (χ4n) is 4.49. The summed E-state index contributed by atoms with van der Waals surface area (Å²) in [5, 5.41) is 2.61. The first-order valence-electron chi connectivity index (χ1n) is 10.6. The molecule has 2 aliphatic heterocycles. The number of halogens is 1. The van der Waals surface area contributed by atoms with Crippen molar-refractivity contribution in [1.82, 2.24) is 15.2 Å². The molecule has 1 N–H and O–H groups in total. The summed E-state index contributed by atoms with van der Waals surface area (Å²) in [4.78, 5) is 20.9. The number of carbonyl (C=O) groups excluding carboxylic acids is 1. The largest absolute Gasteiger partial charge is 0.375 e. The average Bonchev–Trinajstić information content (AvgIpc) is 2.68. The Hall–Kier alpha value is -1.37. The highest BCUT2D eigenvalue weighted by Crippen LogP contribution is 2.29. The molecule has 1 aliphatic carbocycles. The monoisotopic (exact) mass is 408 g/mol. The number of likely N-dealkylation sites (tertiary alicyclic amines) is 1. The van der Waals surface area contributed by atoms with Gasteiger partial charge in [0, 0.05) is 39.3 Å². The fourth-order valence-corrected chi connectivity index (χ4v) is 4.49. The van der Waals surface area contributed by atoms with E-state index in [0.29, 0.717) is 17.9 Å². The number of aromatic nitrogens is 1. The van der Waals surface area contributed by atoms with Crippen molar-refractivity contribution in [2.45, 2.75) is 63.2 Å². The van der Waals surface area contributed by atoms with Crippen molar-refractivity contribution in [3.63, 3.8) is 0 Å². The zero-order valence-electron chi connectivity index (χ0n) is 16.8. The molecule has 4 rings (SSSR count).